The van der Waals surface area contributed by atoms with Gasteiger partial charge in [0.15, 0.2) is 0 Å². The molecule has 0 saturated heterocycles. The van der Waals surface area contributed by atoms with Crippen LogP contribution in [0.15, 0.2) is 97.1 Å². The lowest BCUT2D eigenvalue weighted by Gasteiger charge is -2.20. The van der Waals surface area contributed by atoms with Crippen LogP contribution in [0.3, 0.4) is 0 Å². The molecule has 0 bridgehead atoms. The summed E-state index contributed by atoms with van der Waals surface area (Å²) in [6.07, 6.45) is 1.01. The Morgan fingerprint density at radius 1 is 0.812 bits per heavy atom. The van der Waals surface area contributed by atoms with Gasteiger partial charge in [-0.3, -0.25) is 0 Å². The molecule has 1 aliphatic rings. The number of fused-ring (bicyclic) bond motifs is 1. The van der Waals surface area contributed by atoms with E-state index in [0.717, 1.165) is 42.1 Å². The van der Waals surface area contributed by atoms with E-state index in [-0.39, 0.29) is 0 Å². The Balaban J connectivity index is 1.28. The van der Waals surface area contributed by atoms with Crippen LogP contribution >= 0.6 is 0 Å². The first-order valence-corrected chi connectivity index (χ1v) is 10.7. The number of ether oxygens (including phenoxy) is 1. The maximum atomic E-state index is 11.1. The molecule has 1 N–H and O–H groups in total. The Labute approximate surface area is 187 Å². The van der Waals surface area contributed by atoms with E-state index in [1.807, 2.05) is 54.6 Å². The number of nitrogens with zero attached hydrogens (tertiary/aromatic N) is 1. The molecule has 0 fully saturated rings. The van der Waals surface area contributed by atoms with Gasteiger partial charge in [-0.1, -0.05) is 48.5 Å². The summed E-state index contributed by atoms with van der Waals surface area (Å²) in [5.74, 6) is 0.767. The minimum absolute atomic E-state index is 0.307. The first-order chi connectivity index (χ1) is 15.7. The van der Waals surface area contributed by atoms with E-state index in [9.17, 15) is 4.79 Å². The molecular formula is C28H23NO3. The number of carboxylic acid groups (broad SMARTS) is 1. The van der Waals surface area contributed by atoms with Gasteiger partial charge in [0, 0.05) is 18.8 Å². The summed E-state index contributed by atoms with van der Waals surface area (Å²) in [5, 5.41) is 9.09. The third-order valence-electron chi connectivity index (χ3n) is 5.81. The van der Waals surface area contributed by atoms with E-state index in [4.69, 9.17) is 9.84 Å². The lowest BCUT2D eigenvalue weighted by atomic mass is 10.0. The summed E-state index contributed by atoms with van der Waals surface area (Å²) in [7, 11) is 0. The third-order valence-corrected chi connectivity index (χ3v) is 5.81. The monoisotopic (exact) mass is 421 g/mol. The van der Waals surface area contributed by atoms with Crippen LogP contribution in [0.2, 0.25) is 0 Å². The molecule has 4 aromatic carbocycles. The van der Waals surface area contributed by atoms with Gasteiger partial charge < -0.3 is 14.7 Å². The topological polar surface area (TPSA) is 49.8 Å². The Morgan fingerprint density at radius 3 is 2.22 bits per heavy atom. The zero-order chi connectivity index (χ0) is 21.9. The zero-order valence-corrected chi connectivity index (χ0v) is 17.6. The highest BCUT2D eigenvalue weighted by molar-refractivity contribution is 5.88. The van der Waals surface area contributed by atoms with Gasteiger partial charge in [-0.15, -0.1) is 0 Å². The van der Waals surface area contributed by atoms with Crippen molar-refractivity contribution in [1.29, 1.82) is 0 Å². The summed E-state index contributed by atoms with van der Waals surface area (Å²) in [6, 6.07) is 31.6. The lowest BCUT2D eigenvalue weighted by Crippen LogP contribution is -2.19. The van der Waals surface area contributed by atoms with E-state index >= 15 is 0 Å². The summed E-state index contributed by atoms with van der Waals surface area (Å²) in [5.41, 5.74) is 6.29. The Kier molecular flexibility index (Phi) is 5.34. The fraction of sp³-hybridized carbons (Fsp3) is 0.107. The van der Waals surface area contributed by atoms with Crippen LogP contribution < -0.4 is 9.64 Å². The molecule has 0 radical (unpaired) electrons. The molecule has 4 heteroatoms. The molecule has 4 aromatic rings. The van der Waals surface area contributed by atoms with Gasteiger partial charge in [0.1, 0.15) is 11.5 Å². The summed E-state index contributed by atoms with van der Waals surface area (Å²) >= 11 is 0. The normalized spacial score (nSPS) is 12.4. The highest BCUT2D eigenvalue weighted by atomic mass is 16.5. The van der Waals surface area contributed by atoms with Crippen molar-refractivity contribution >= 4 is 11.7 Å². The largest absolute Gasteiger partial charge is 0.478 e. The van der Waals surface area contributed by atoms with E-state index < -0.39 is 5.97 Å². The molecule has 0 amide bonds. The number of para-hydroxylation sites is 1. The molecule has 1 aliphatic heterocycles. The van der Waals surface area contributed by atoms with Crippen LogP contribution in [0.25, 0.3) is 11.1 Å². The Hall–Kier alpha value is -4.05. The van der Waals surface area contributed by atoms with Crippen LogP contribution in [-0.4, -0.2) is 17.6 Å². The zero-order valence-electron chi connectivity index (χ0n) is 17.6. The summed E-state index contributed by atoms with van der Waals surface area (Å²) < 4.78 is 5.89. The first-order valence-electron chi connectivity index (χ1n) is 10.7. The van der Waals surface area contributed by atoms with Crippen LogP contribution in [0.1, 0.15) is 21.5 Å². The average molecular weight is 421 g/mol. The minimum atomic E-state index is -0.902. The molecular weight excluding hydrogens is 398 g/mol. The lowest BCUT2D eigenvalue weighted by molar-refractivity contribution is 0.0697. The van der Waals surface area contributed by atoms with Crippen LogP contribution in [0.5, 0.6) is 11.5 Å². The van der Waals surface area contributed by atoms with Crippen molar-refractivity contribution in [2.24, 2.45) is 0 Å². The van der Waals surface area contributed by atoms with Crippen molar-refractivity contribution in [3.05, 3.63) is 114 Å². The molecule has 0 aliphatic carbocycles. The van der Waals surface area contributed by atoms with Crippen molar-refractivity contribution in [1.82, 2.24) is 0 Å². The number of anilines is 1. The third kappa shape index (κ3) is 4.21. The second kappa shape index (κ2) is 8.60. The number of rotatable bonds is 6. The van der Waals surface area contributed by atoms with Crippen molar-refractivity contribution < 1.29 is 14.6 Å². The van der Waals surface area contributed by atoms with Crippen LogP contribution in [0.4, 0.5) is 5.69 Å². The van der Waals surface area contributed by atoms with Crippen molar-refractivity contribution in [3.8, 4) is 22.6 Å². The van der Waals surface area contributed by atoms with Crippen molar-refractivity contribution in [2.45, 2.75) is 13.0 Å². The smallest absolute Gasteiger partial charge is 0.335 e. The van der Waals surface area contributed by atoms with Gasteiger partial charge >= 0.3 is 5.97 Å². The Morgan fingerprint density at radius 2 is 1.50 bits per heavy atom. The fourth-order valence-electron chi connectivity index (χ4n) is 4.13. The number of benzene rings is 4. The number of hydrogen-bond acceptors (Lipinski definition) is 3. The van der Waals surface area contributed by atoms with Gasteiger partial charge in [-0.25, -0.2) is 4.79 Å². The van der Waals surface area contributed by atoms with Gasteiger partial charge in [0.2, 0.25) is 0 Å². The average Bonchev–Trinajstić information content (AvgIpc) is 3.23. The van der Waals surface area contributed by atoms with Crippen LogP contribution in [-0.2, 0) is 13.0 Å². The molecule has 158 valence electrons. The van der Waals surface area contributed by atoms with Gasteiger partial charge in [0.05, 0.1) is 5.56 Å². The standard InChI is InChI=1S/C28H23NO3/c30-28(31)22-10-8-21(9-11-22)23-12-15-27-24(18-23)16-17-29(27)19-20-6-13-26(14-7-20)32-25-4-2-1-3-5-25/h1-15,18H,16-17,19H2,(H,30,31). The predicted octanol–water partition coefficient (Wildman–Crippen LogP) is 6.41. The molecule has 32 heavy (non-hydrogen) atoms. The van der Waals surface area contributed by atoms with Gasteiger partial charge in [-0.05, 0) is 77.2 Å². The van der Waals surface area contributed by atoms with E-state index in [1.165, 1.54) is 16.8 Å². The quantitative estimate of drug-likeness (QED) is 0.391. The highest BCUT2D eigenvalue weighted by Crippen LogP contribution is 2.33. The molecule has 0 unspecified atom stereocenters. The Bertz CT molecular complexity index is 1230. The second-order valence-electron chi connectivity index (χ2n) is 7.96. The first kappa shape index (κ1) is 19.9. The highest BCUT2D eigenvalue weighted by Gasteiger charge is 2.20. The van der Waals surface area contributed by atoms with Gasteiger partial charge in [0.25, 0.3) is 0 Å². The maximum absolute atomic E-state index is 11.1. The number of carbonyl (C=O) groups is 1. The van der Waals surface area contributed by atoms with E-state index in [2.05, 4.69) is 35.2 Å². The summed E-state index contributed by atoms with van der Waals surface area (Å²) in [4.78, 5) is 13.5. The van der Waals surface area contributed by atoms with Crippen molar-refractivity contribution in [3.63, 3.8) is 0 Å². The SMILES string of the molecule is O=C(O)c1ccc(-c2ccc3c(c2)CCN3Cc2ccc(Oc3ccccc3)cc2)cc1. The van der Waals surface area contributed by atoms with Crippen molar-refractivity contribution in [2.75, 3.05) is 11.4 Å². The maximum Gasteiger partial charge on any atom is 0.335 e. The second-order valence-corrected chi connectivity index (χ2v) is 7.96. The number of carboxylic acids is 1. The molecule has 0 spiro atoms. The summed E-state index contributed by atoms with van der Waals surface area (Å²) in [6.45, 7) is 1.84. The molecule has 5 rings (SSSR count). The number of aromatic carboxylic acids is 1. The number of hydrogen-bond donors (Lipinski definition) is 1. The molecule has 0 atom stereocenters. The molecule has 0 saturated carbocycles. The molecule has 0 aromatic heterocycles. The van der Waals surface area contributed by atoms with E-state index in [0.29, 0.717) is 5.56 Å². The molecule has 4 nitrogen and oxygen atoms in total. The predicted molar refractivity (Wildman–Crippen MR) is 127 cm³/mol. The van der Waals surface area contributed by atoms with Crippen LogP contribution in [0, 0.1) is 0 Å². The van der Waals surface area contributed by atoms with E-state index in [1.54, 1.807) is 12.1 Å². The van der Waals surface area contributed by atoms with Gasteiger partial charge in [-0.2, -0.15) is 0 Å². The molecule has 1 heterocycles. The minimum Gasteiger partial charge on any atom is -0.478 e. The fourth-order valence-corrected chi connectivity index (χ4v) is 4.13.